The number of pyridine rings is 1. The molecule has 18 heavy (non-hydrogen) atoms. The number of nitrogens with two attached hydrogens (primary N) is 1. The van der Waals surface area contributed by atoms with Crippen LogP contribution in [0, 0.1) is 0 Å². The molecule has 1 aliphatic carbocycles. The first kappa shape index (κ1) is 11.3. The predicted molar refractivity (Wildman–Crippen MR) is 68.2 cm³/mol. The van der Waals surface area contributed by atoms with Gasteiger partial charge in [-0.2, -0.15) is 4.98 Å². The van der Waals surface area contributed by atoms with Crippen molar-refractivity contribution in [3.63, 3.8) is 0 Å². The van der Waals surface area contributed by atoms with Crippen LogP contribution in [0.25, 0.3) is 11.2 Å². The SMILES string of the molecule is NC1CCC(Oc2ccc3nccnc3n2)CC1. The van der Waals surface area contributed by atoms with Crippen LogP contribution in [-0.2, 0) is 0 Å². The topological polar surface area (TPSA) is 73.9 Å². The van der Waals surface area contributed by atoms with Gasteiger partial charge >= 0.3 is 0 Å². The van der Waals surface area contributed by atoms with Crippen LogP contribution in [0.3, 0.4) is 0 Å². The molecule has 0 aromatic carbocycles. The number of hydrogen-bond donors (Lipinski definition) is 1. The molecule has 5 nitrogen and oxygen atoms in total. The van der Waals surface area contributed by atoms with E-state index >= 15 is 0 Å². The second-order valence-corrected chi connectivity index (χ2v) is 4.70. The second kappa shape index (κ2) is 4.86. The Bertz CT molecular complexity index is 537. The van der Waals surface area contributed by atoms with Crippen molar-refractivity contribution in [2.75, 3.05) is 0 Å². The van der Waals surface area contributed by atoms with Crippen LogP contribution < -0.4 is 10.5 Å². The summed E-state index contributed by atoms with van der Waals surface area (Å²) in [5.41, 5.74) is 7.29. The third-order valence-electron chi connectivity index (χ3n) is 3.31. The number of hydrogen-bond acceptors (Lipinski definition) is 5. The Hall–Kier alpha value is -1.75. The third-order valence-corrected chi connectivity index (χ3v) is 3.31. The maximum absolute atomic E-state index is 5.88. The number of ether oxygens (including phenoxy) is 1. The van der Waals surface area contributed by atoms with Gasteiger partial charge in [0.25, 0.3) is 0 Å². The summed E-state index contributed by atoms with van der Waals surface area (Å²) in [4.78, 5) is 12.7. The van der Waals surface area contributed by atoms with E-state index in [0.717, 1.165) is 31.2 Å². The monoisotopic (exact) mass is 244 g/mol. The summed E-state index contributed by atoms with van der Waals surface area (Å²) < 4.78 is 5.88. The molecule has 0 unspecified atom stereocenters. The predicted octanol–water partition coefficient (Wildman–Crippen LogP) is 1.67. The highest BCUT2D eigenvalue weighted by Gasteiger charge is 2.20. The lowest BCUT2D eigenvalue weighted by Gasteiger charge is -2.26. The molecule has 0 spiro atoms. The normalized spacial score (nSPS) is 24.1. The van der Waals surface area contributed by atoms with Gasteiger partial charge < -0.3 is 10.5 Å². The first-order valence-corrected chi connectivity index (χ1v) is 6.31. The van der Waals surface area contributed by atoms with Gasteiger partial charge in [-0.3, -0.25) is 4.98 Å². The standard InChI is InChI=1S/C13H16N4O/c14-9-1-3-10(4-2-9)18-12-6-5-11-13(17-12)16-8-7-15-11/h5-10H,1-4,14H2. The van der Waals surface area contributed by atoms with E-state index in [1.54, 1.807) is 12.4 Å². The van der Waals surface area contributed by atoms with Gasteiger partial charge in [0.05, 0.1) is 0 Å². The van der Waals surface area contributed by atoms with Crippen LogP contribution in [0.4, 0.5) is 0 Å². The maximum Gasteiger partial charge on any atom is 0.215 e. The lowest BCUT2D eigenvalue weighted by molar-refractivity contribution is 0.141. The van der Waals surface area contributed by atoms with Crippen molar-refractivity contribution in [2.45, 2.75) is 37.8 Å². The zero-order valence-electron chi connectivity index (χ0n) is 10.1. The Morgan fingerprint density at radius 3 is 2.67 bits per heavy atom. The third kappa shape index (κ3) is 2.41. The molecule has 1 saturated carbocycles. The van der Waals surface area contributed by atoms with Gasteiger partial charge in [-0.1, -0.05) is 0 Å². The van der Waals surface area contributed by atoms with Crippen molar-refractivity contribution < 1.29 is 4.74 Å². The minimum Gasteiger partial charge on any atom is -0.474 e. The molecule has 0 amide bonds. The van der Waals surface area contributed by atoms with Gasteiger partial charge in [-0.05, 0) is 31.7 Å². The molecule has 2 aromatic heterocycles. The summed E-state index contributed by atoms with van der Waals surface area (Å²) in [5.74, 6) is 0.628. The van der Waals surface area contributed by atoms with E-state index in [2.05, 4.69) is 15.0 Å². The summed E-state index contributed by atoms with van der Waals surface area (Å²) in [6.45, 7) is 0. The molecule has 0 radical (unpaired) electrons. The number of rotatable bonds is 2. The molecule has 0 atom stereocenters. The molecular formula is C13H16N4O. The Balaban J connectivity index is 1.74. The van der Waals surface area contributed by atoms with Crippen LogP contribution in [0.1, 0.15) is 25.7 Å². The average molecular weight is 244 g/mol. The second-order valence-electron chi connectivity index (χ2n) is 4.70. The molecule has 3 rings (SSSR count). The number of fused-ring (bicyclic) bond motifs is 1. The summed E-state index contributed by atoms with van der Waals surface area (Å²) in [6, 6.07) is 4.07. The highest BCUT2D eigenvalue weighted by atomic mass is 16.5. The lowest BCUT2D eigenvalue weighted by atomic mass is 9.94. The van der Waals surface area contributed by atoms with E-state index < -0.39 is 0 Å². The van der Waals surface area contributed by atoms with Gasteiger partial charge in [-0.15, -0.1) is 0 Å². The van der Waals surface area contributed by atoms with E-state index in [-0.39, 0.29) is 6.10 Å². The van der Waals surface area contributed by atoms with Gasteiger partial charge in [0.1, 0.15) is 11.6 Å². The summed E-state index contributed by atoms with van der Waals surface area (Å²) in [6.07, 6.45) is 7.58. The fourth-order valence-corrected chi connectivity index (χ4v) is 2.28. The van der Waals surface area contributed by atoms with E-state index in [1.165, 1.54) is 0 Å². The molecule has 0 aliphatic heterocycles. The Morgan fingerprint density at radius 1 is 1.06 bits per heavy atom. The smallest absolute Gasteiger partial charge is 0.215 e. The first-order chi connectivity index (χ1) is 8.81. The zero-order chi connectivity index (χ0) is 12.4. The summed E-state index contributed by atoms with van der Waals surface area (Å²) >= 11 is 0. The van der Waals surface area contributed by atoms with Crippen molar-refractivity contribution in [1.82, 2.24) is 15.0 Å². The minimum atomic E-state index is 0.228. The number of aromatic nitrogens is 3. The molecule has 2 heterocycles. The van der Waals surface area contributed by atoms with Crippen LogP contribution in [0.5, 0.6) is 5.88 Å². The molecular weight excluding hydrogens is 228 g/mol. The van der Waals surface area contributed by atoms with Crippen LogP contribution in [0.2, 0.25) is 0 Å². The van der Waals surface area contributed by atoms with E-state index in [1.807, 2.05) is 12.1 Å². The largest absolute Gasteiger partial charge is 0.474 e. The van der Waals surface area contributed by atoms with Gasteiger partial charge in [0.2, 0.25) is 5.88 Å². The van der Waals surface area contributed by atoms with Gasteiger partial charge in [0, 0.05) is 24.5 Å². The van der Waals surface area contributed by atoms with E-state index in [0.29, 0.717) is 17.6 Å². The van der Waals surface area contributed by atoms with E-state index in [9.17, 15) is 0 Å². The Labute approximate surface area is 105 Å². The molecule has 94 valence electrons. The fraction of sp³-hybridized carbons (Fsp3) is 0.462. The molecule has 0 bridgehead atoms. The highest BCUT2D eigenvalue weighted by molar-refractivity contribution is 5.69. The fourth-order valence-electron chi connectivity index (χ4n) is 2.28. The van der Waals surface area contributed by atoms with Gasteiger partial charge in [0.15, 0.2) is 5.65 Å². The number of nitrogens with zero attached hydrogens (tertiary/aromatic N) is 3. The van der Waals surface area contributed by atoms with Crippen molar-refractivity contribution in [3.8, 4) is 5.88 Å². The summed E-state index contributed by atoms with van der Waals surface area (Å²) in [7, 11) is 0. The van der Waals surface area contributed by atoms with Gasteiger partial charge in [-0.25, -0.2) is 4.98 Å². The zero-order valence-corrected chi connectivity index (χ0v) is 10.1. The maximum atomic E-state index is 5.88. The molecule has 2 N–H and O–H groups in total. The molecule has 1 aliphatic rings. The summed E-state index contributed by atoms with van der Waals surface area (Å²) in [5, 5.41) is 0. The average Bonchev–Trinajstić information content (AvgIpc) is 2.41. The van der Waals surface area contributed by atoms with Crippen LogP contribution in [0.15, 0.2) is 24.5 Å². The molecule has 5 heteroatoms. The Kier molecular flexibility index (Phi) is 3.06. The Morgan fingerprint density at radius 2 is 1.83 bits per heavy atom. The van der Waals surface area contributed by atoms with Crippen LogP contribution >= 0.6 is 0 Å². The van der Waals surface area contributed by atoms with Crippen LogP contribution in [-0.4, -0.2) is 27.1 Å². The van der Waals surface area contributed by atoms with Crippen molar-refractivity contribution in [2.24, 2.45) is 5.73 Å². The highest BCUT2D eigenvalue weighted by Crippen LogP contribution is 2.22. The lowest BCUT2D eigenvalue weighted by Crippen LogP contribution is -2.31. The van der Waals surface area contributed by atoms with Crippen molar-refractivity contribution in [1.29, 1.82) is 0 Å². The quantitative estimate of drug-likeness (QED) is 0.869. The van der Waals surface area contributed by atoms with Crippen molar-refractivity contribution in [3.05, 3.63) is 24.5 Å². The molecule has 1 fully saturated rings. The minimum absolute atomic E-state index is 0.228. The molecule has 0 saturated heterocycles. The van der Waals surface area contributed by atoms with E-state index in [4.69, 9.17) is 10.5 Å². The van der Waals surface area contributed by atoms with Crippen molar-refractivity contribution >= 4 is 11.2 Å². The first-order valence-electron chi connectivity index (χ1n) is 6.31. The molecule has 2 aromatic rings.